The quantitative estimate of drug-likeness (QED) is 0.713. The third-order valence-corrected chi connectivity index (χ3v) is 5.62. The fraction of sp³-hybridized carbons (Fsp3) is 0.348. The van der Waals surface area contributed by atoms with Crippen LogP contribution in [0, 0.1) is 6.92 Å². The van der Waals surface area contributed by atoms with Crippen LogP contribution in [0.1, 0.15) is 53.6 Å². The van der Waals surface area contributed by atoms with Crippen molar-refractivity contribution in [2.24, 2.45) is 0 Å². The smallest absolute Gasteiger partial charge is 0.269 e. The van der Waals surface area contributed by atoms with Crippen molar-refractivity contribution >= 4 is 16.9 Å². The molecule has 1 aliphatic rings. The Morgan fingerprint density at radius 3 is 2.62 bits per heavy atom. The van der Waals surface area contributed by atoms with Gasteiger partial charge in [0.1, 0.15) is 17.0 Å². The summed E-state index contributed by atoms with van der Waals surface area (Å²) in [5, 5.41) is 14.1. The van der Waals surface area contributed by atoms with E-state index in [0.717, 1.165) is 36.8 Å². The Bertz CT molecular complexity index is 1100. The Hall–Kier alpha value is -3.15. The van der Waals surface area contributed by atoms with Crippen molar-refractivity contribution in [3.05, 3.63) is 69.6 Å². The number of hydrogen-bond donors (Lipinski definition) is 2. The number of aromatic nitrogens is 2. The molecule has 6 nitrogen and oxygen atoms in total. The molecule has 1 aromatic carbocycles. The average Bonchev–Trinajstić information content (AvgIpc) is 2.73. The molecule has 2 heterocycles. The first-order valence-corrected chi connectivity index (χ1v) is 10.1. The number of pyridine rings is 2. The van der Waals surface area contributed by atoms with E-state index in [2.05, 4.69) is 10.3 Å². The van der Waals surface area contributed by atoms with Gasteiger partial charge in [-0.05, 0) is 37.5 Å². The van der Waals surface area contributed by atoms with Crippen LogP contribution < -0.4 is 10.9 Å². The zero-order chi connectivity index (χ0) is 20.4. The minimum absolute atomic E-state index is 0.0465. The molecule has 0 saturated heterocycles. The lowest BCUT2D eigenvalue weighted by atomic mass is 9.95. The largest absolute Gasteiger partial charge is 0.506 e. The van der Waals surface area contributed by atoms with Crippen LogP contribution in [0.2, 0.25) is 0 Å². The number of amides is 1. The third kappa shape index (κ3) is 3.88. The van der Waals surface area contributed by atoms with Crippen LogP contribution in [-0.2, 0) is 6.54 Å². The molecule has 0 bridgehead atoms. The van der Waals surface area contributed by atoms with Gasteiger partial charge in [0, 0.05) is 12.2 Å². The summed E-state index contributed by atoms with van der Waals surface area (Å²) >= 11 is 0. The molecule has 6 heteroatoms. The Balaban J connectivity index is 1.79. The Morgan fingerprint density at radius 1 is 1.17 bits per heavy atom. The van der Waals surface area contributed by atoms with E-state index in [-0.39, 0.29) is 23.9 Å². The molecule has 4 rings (SSSR count). The summed E-state index contributed by atoms with van der Waals surface area (Å²) in [6.45, 7) is 2.28. The van der Waals surface area contributed by atoms with Gasteiger partial charge in [0.25, 0.3) is 11.5 Å². The number of hydrogen-bond acceptors (Lipinski definition) is 4. The second-order valence-electron chi connectivity index (χ2n) is 7.78. The van der Waals surface area contributed by atoms with Crippen molar-refractivity contribution in [2.75, 3.05) is 0 Å². The van der Waals surface area contributed by atoms with Gasteiger partial charge in [-0.2, -0.15) is 0 Å². The van der Waals surface area contributed by atoms with Gasteiger partial charge in [0.05, 0.1) is 11.9 Å². The van der Waals surface area contributed by atoms with Crippen LogP contribution in [0.4, 0.5) is 0 Å². The number of aromatic hydroxyl groups is 1. The van der Waals surface area contributed by atoms with Gasteiger partial charge in [-0.15, -0.1) is 0 Å². The molecule has 2 aromatic heterocycles. The SMILES string of the molecule is Cc1ccc(Cn2c(=O)c(C(=O)NC3CCCCC3)c(O)c3cccnc32)cc1. The Kier molecular flexibility index (Phi) is 5.34. The zero-order valence-electron chi connectivity index (χ0n) is 16.5. The number of aryl methyl sites for hydroxylation is 1. The van der Waals surface area contributed by atoms with Crippen LogP contribution in [0.5, 0.6) is 5.75 Å². The molecule has 0 aliphatic heterocycles. The number of benzene rings is 1. The van der Waals surface area contributed by atoms with Crippen LogP contribution in [0.25, 0.3) is 11.0 Å². The maximum Gasteiger partial charge on any atom is 0.269 e. The lowest BCUT2D eigenvalue weighted by molar-refractivity contribution is 0.0923. The number of nitrogens with one attached hydrogen (secondary N) is 1. The lowest BCUT2D eigenvalue weighted by Crippen LogP contribution is -2.40. The molecule has 1 saturated carbocycles. The second-order valence-corrected chi connectivity index (χ2v) is 7.78. The average molecular weight is 391 g/mol. The summed E-state index contributed by atoms with van der Waals surface area (Å²) in [7, 11) is 0. The van der Waals surface area contributed by atoms with Crippen molar-refractivity contribution in [1.29, 1.82) is 0 Å². The van der Waals surface area contributed by atoms with Gasteiger partial charge in [-0.3, -0.25) is 14.2 Å². The highest BCUT2D eigenvalue weighted by Crippen LogP contribution is 2.26. The van der Waals surface area contributed by atoms with E-state index in [9.17, 15) is 14.7 Å². The molecule has 1 fully saturated rings. The van der Waals surface area contributed by atoms with Gasteiger partial charge >= 0.3 is 0 Å². The second kappa shape index (κ2) is 8.07. The molecular weight excluding hydrogens is 366 g/mol. The topological polar surface area (TPSA) is 84.2 Å². The van der Waals surface area contributed by atoms with Crippen molar-refractivity contribution in [3.63, 3.8) is 0 Å². The minimum Gasteiger partial charge on any atom is -0.506 e. The van der Waals surface area contributed by atoms with Gasteiger partial charge in [-0.1, -0.05) is 49.1 Å². The zero-order valence-corrected chi connectivity index (χ0v) is 16.5. The van der Waals surface area contributed by atoms with Gasteiger partial charge < -0.3 is 10.4 Å². The predicted octanol–water partition coefficient (Wildman–Crippen LogP) is 3.52. The van der Waals surface area contributed by atoms with E-state index in [1.807, 2.05) is 31.2 Å². The molecule has 150 valence electrons. The van der Waals surface area contributed by atoms with Crippen molar-refractivity contribution in [1.82, 2.24) is 14.9 Å². The highest BCUT2D eigenvalue weighted by molar-refractivity contribution is 6.01. The van der Waals surface area contributed by atoms with Crippen LogP contribution >= 0.6 is 0 Å². The summed E-state index contributed by atoms with van der Waals surface area (Å²) in [5.41, 5.74) is 1.69. The van der Waals surface area contributed by atoms with Crippen molar-refractivity contribution in [2.45, 2.75) is 51.6 Å². The van der Waals surface area contributed by atoms with Gasteiger partial charge in [0.2, 0.25) is 0 Å². The van der Waals surface area contributed by atoms with Crippen LogP contribution in [0.3, 0.4) is 0 Å². The van der Waals surface area contributed by atoms with Crippen LogP contribution in [0.15, 0.2) is 47.4 Å². The lowest BCUT2D eigenvalue weighted by Gasteiger charge is -2.23. The molecule has 1 aliphatic carbocycles. The van der Waals surface area contributed by atoms with E-state index in [1.165, 1.54) is 11.0 Å². The monoisotopic (exact) mass is 391 g/mol. The first-order chi connectivity index (χ1) is 14.0. The molecule has 2 N–H and O–H groups in total. The fourth-order valence-electron chi connectivity index (χ4n) is 4.00. The molecular formula is C23H25N3O3. The number of carbonyl (C=O) groups is 1. The normalized spacial score (nSPS) is 14.8. The Labute approximate surface area is 169 Å². The van der Waals surface area contributed by atoms with E-state index in [1.54, 1.807) is 18.3 Å². The van der Waals surface area contributed by atoms with Crippen molar-refractivity contribution < 1.29 is 9.90 Å². The maximum absolute atomic E-state index is 13.3. The fourth-order valence-corrected chi connectivity index (χ4v) is 4.00. The predicted molar refractivity (Wildman–Crippen MR) is 112 cm³/mol. The highest BCUT2D eigenvalue weighted by Gasteiger charge is 2.25. The summed E-state index contributed by atoms with van der Waals surface area (Å²) in [6, 6.07) is 11.3. The molecule has 0 atom stereocenters. The standard InChI is InChI=1S/C23H25N3O3/c1-15-9-11-16(12-10-15)14-26-21-18(8-5-13-24-21)20(27)19(23(26)29)22(28)25-17-6-3-2-4-7-17/h5,8-13,17,27H,2-4,6-7,14H2,1H3,(H,25,28). The first-order valence-electron chi connectivity index (χ1n) is 10.1. The third-order valence-electron chi connectivity index (χ3n) is 5.62. The summed E-state index contributed by atoms with van der Waals surface area (Å²) < 4.78 is 1.47. The minimum atomic E-state index is -0.525. The first kappa shape index (κ1) is 19.2. The molecule has 0 radical (unpaired) electrons. The maximum atomic E-state index is 13.3. The number of nitrogens with zero attached hydrogens (tertiary/aromatic N) is 2. The number of rotatable bonds is 4. The van der Waals surface area contributed by atoms with Crippen LogP contribution in [-0.4, -0.2) is 26.6 Å². The molecule has 0 unspecified atom stereocenters. The highest BCUT2D eigenvalue weighted by atomic mass is 16.3. The molecule has 3 aromatic rings. The number of fused-ring (bicyclic) bond motifs is 1. The summed E-state index contributed by atoms with van der Waals surface area (Å²) in [4.78, 5) is 30.5. The van der Waals surface area contributed by atoms with Crippen molar-refractivity contribution in [3.8, 4) is 5.75 Å². The summed E-state index contributed by atoms with van der Waals surface area (Å²) in [6.07, 6.45) is 6.68. The van der Waals surface area contributed by atoms with Gasteiger partial charge in [0.15, 0.2) is 0 Å². The number of carbonyl (C=O) groups excluding carboxylic acids is 1. The van der Waals surface area contributed by atoms with E-state index >= 15 is 0 Å². The van der Waals surface area contributed by atoms with E-state index in [0.29, 0.717) is 11.0 Å². The Morgan fingerprint density at radius 2 is 1.90 bits per heavy atom. The van der Waals surface area contributed by atoms with E-state index in [4.69, 9.17) is 0 Å². The molecule has 0 spiro atoms. The molecule has 1 amide bonds. The van der Waals surface area contributed by atoms with Gasteiger partial charge in [-0.25, -0.2) is 4.98 Å². The molecule has 29 heavy (non-hydrogen) atoms. The summed E-state index contributed by atoms with van der Waals surface area (Å²) in [5.74, 6) is -0.811. The van der Waals surface area contributed by atoms with E-state index < -0.39 is 11.5 Å².